The van der Waals surface area contributed by atoms with Gasteiger partial charge in [0.2, 0.25) is 0 Å². The molecule has 3 rings (SSSR count). The summed E-state index contributed by atoms with van der Waals surface area (Å²) in [5, 5.41) is 9.87. The molecule has 0 aliphatic heterocycles. The van der Waals surface area contributed by atoms with Crippen molar-refractivity contribution in [3.63, 3.8) is 0 Å². The van der Waals surface area contributed by atoms with E-state index in [1.165, 1.54) is 10.8 Å². The summed E-state index contributed by atoms with van der Waals surface area (Å²) in [7, 11) is 3.79. The molecule has 6 nitrogen and oxygen atoms in total. The van der Waals surface area contributed by atoms with Gasteiger partial charge in [0.15, 0.2) is 0 Å². The van der Waals surface area contributed by atoms with Gasteiger partial charge in [-0.25, -0.2) is 0 Å². The first kappa shape index (κ1) is 19.6. The number of nitrogens with one attached hydrogen (secondary N) is 2. The first-order valence-electron chi connectivity index (χ1n) is 8.97. The number of aromatic amines is 1. The Kier molecular flexibility index (Phi) is 5.71. The Morgan fingerprint density at radius 1 is 1.41 bits per heavy atom. The molecule has 1 saturated carbocycles. The zero-order valence-electron chi connectivity index (χ0n) is 15.4. The summed E-state index contributed by atoms with van der Waals surface area (Å²) < 4.78 is 41.4. The van der Waals surface area contributed by atoms with Gasteiger partial charge in [-0.05, 0) is 38.9 Å². The summed E-state index contributed by atoms with van der Waals surface area (Å²) in [6.45, 7) is 2.45. The Morgan fingerprint density at radius 2 is 2.15 bits per heavy atom. The minimum atomic E-state index is -4.69. The molecule has 0 spiro atoms. The van der Waals surface area contributed by atoms with Crippen molar-refractivity contribution in [2.45, 2.75) is 32.1 Å². The average molecular weight is 383 g/mol. The van der Waals surface area contributed by atoms with Crippen molar-refractivity contribution in [2.75, 3.05) is 27.2 Å². The van der Waals surface area contributed by atoms with Gasteiger partial charge in [0.25, 0.3) is 5.56 Å². The summed E-state index contributed by atoms with van der Waals surface area (Å²) >= 11 is 0. The van der Waals surface area contributed by atoms with Crippen LogP contribution in [0.25, 0.3) is 11.3 Å². The number of H-pyrrole nitrogens is 1. The number of alkyl halides is 3. The first-order chi connectivity index (χ1) is 12.8. The van der Waals surface area contributed by atoms with Crippen LogP contribution in [0, 0.1) is 5.92 Å². The summed E-state index contributed by atoms with van der Waals surface area (Å²) in [5.74, 6) is 0.285. The predicted octanol–water partition coefficient (Wildman–Crippen LogP) is 2.32. The van der Waals surface area contributed by atoms with Crippen molar-refractivity contribution in [3.05, 3.63) is 39.9 Å². The number of halogens is 3. The normalized spacial score (nSPS) is 14.9. The highest BCUT2D eigenvalue weighted by atomic mass is 19.4. The minimum Gasteiger partial charge on any atom is -0.318 e. The van der Waals surface area contributed by atoms with Gasteiger partial charge in [-0.15, -0.1) is 0 Å². The number of likely N-dealkylation sites (N-methyl/N-ethyl adjacent to an activating group) is 2. The summed E-state index contributed by atoms with van der Waals surface area (Å²) in [6, 6.07) is 0.927. The van der Waals surface area contributed by atoms with Crippen molar-refractivity contribution in [2.24, 2.45) is 5.92 Å². The van der Waals surface area contributed by atoms with E-state index in [4.69, 9.17) is 0 Å². The second-order valence-corrected chi connectivity index (χ2v) is 7.15. The molecule has 0 amide bonds. The zero-order valence-corrected chi connectivity index (χ0v) is 15.4. The van der Waals surface area contributed by atoms with Gasteiger partial charge in [-0.2, -0.15) is 18.3 Å². The summed E-state index contributed by atoms with van der Waals surface area (Å²) in [6.07, 6.45) is 0.338. The predicted molar refractivity (Wildman–Crippen MR) is 96.3 cm³/mol. The number of pyridine rings is 1. The molecule has 2 heterocycles. The maximum Gasteiger partial charge on any atom is 0.421 e. The van der Waals surface area contributed by atoms with Crippen LogP contribution < -0.4 is 10.9 Å². The molecular formula is C18H24F3N5O. The fourth-order valence-electron chi connectivity index (χ4n) is 3.04. The lowest BCUT2D eigenvalue weighted by atomic mass is 10.1. The molecule has 2 aromatic rings. The molecule has 1 aliphatic rings. The van der Waals surface area contributed by atoms with E-state index in [0.717, 1.165) is 37.6 Å². The Morgan fingerprint density at radius 3 is 2.78 bits per heavy atom. The smallest absolute Gasteiger partial charge is 0.318 e. The molecule has 2 aromatic heterocycles. The largest absolute Gasteiger partial charge is 0.421 e. The van der Waals surface area contributed by atoms with E-state index >= 15 is 0 Å². The van der Waals surface area contributed by atoms with Crippen LogP contribution in [-0.4, -0.2) is 46.8 Å². The van der Waals surface area contributed by atoms with Crippen LogP contribution in [0.3, 0.4) is 0 Å². The van der Waals surface area contributed by atoms with E-state index in [9.17, 15) is 18.0 Å². The zero-order chi connectivity index (χ0) is 19.6. The Bertz CT molecular complexity index is 838. The van der Waals surface area contributed by atoms with Gasteiger partial charge in [0.05, 0.1) is 11.9 Å². The second kappa shape index (κ2) is 7.85. The summed E-state index contributed by atoms with van der Waals surface area (Å²) in [5.41, 5.74) is -0.480. The molecular weight excluding hydrogens is 359 g/mol. The SMILES string of the molecule is CNCCN(C)Cc1cn[nH]c1-c1cc(C(F)(F)F)c(=O)n(CC2CC2)c1. The lowest BCUT2D eigenvalue weighted by Crippen LogP contribution is -2.29. The van der Waals surface area contributed by atoms with Crippen molar-refractivity contribution >= 4 is 0 Å². The van der Waals surface area contributed by atoms with Gasteiger partial charge >= 0.3 is 6.18 Å². The molecule has 0 aromatic carbocycles. The third-order valence-corrected chi connectivity index (χ3v) is 4.73. The van der Waals surface area contributed by atoms with Crippen molar-refractivity contribution in [1.82, 2.24) is 25.0 Å². The number of rotatable bonds is 8. The Hall–Kier alpha value is -2.13. The lowest BCUT2D eigenvalue weighted by molar-refractivity contribution is -0.138. The van der Waals surface area contributed by atoms with Crippen LogP contribution in [0.2, 0.25) is 0 Å². The number of aromatic nitrogens is 3. The van der Waals surface area contributed by atoms with Gasteiger partial charge in [-0.1, -0.05) is 0 Å². The molecule has 0 unspecified atom stereocenters. The van der Waals surface area contributed by atoms with Gasteiger partial charge in [0.1, 0.15) is 5.56 Å². The fourth-order valence-corrected chi connectivity index (χ4v) is 3.04. The highest BCUT2D eigenvalue weighted by molar-refractivity contribution is 5.62. The molecule has 27 heavy (non-hydrogen) atoms. The third kappa shape index (κ3) is 4.78. The van der Waals surface area contributed by atoms with Crippen molar-refractivity contribution in [3.8, 4) is 11.3 Å². The number of hydrogen-bond acceptors (Lipinski definition) is 4. The Balaban J connectivity index is 1.97. The van der Waals surface area contributed by atoms with Crippen molar-refractivity contribution < 1.29 is 13.2 Å². The van der Waals surface area contributed by atoms with E-state index in [1.54, 1.807) is 6.20 Å². The highest BCUT2D eigenvalue weighted by Crippen LogP contribution is 2.33. The second-order valence-electron chi connectivity index (χ2n) is 7.15. The molecule has 0 atom stereocenters. The van der Waals surface area contributed by atoms with Gasteiger partial charge in [-0.3, -0.25) is 9.89 Å². The molecule has 0 saturated heterocycles. The van der Waals surface area contributed by atoms with Gasteiger partial charge < -0.3 is 14.8 Å². The van der Waals surface area contributed by atoms with E-state index < -0.39 is 17.3 Å². The molecule has 1 fully saturated rings. The van der Waals surface area contributed by atoms with Crippen LogP contribution in [0.5, 0.6) is 0 Å². The molecule has 1 aliphatic carbocycles. The van der Waals surface area contributed by atoms with E-state index in [1.807, 2.05) is 14.1 Å². The average Bonchev–Trinajstić information content (AvgIpc) is 3.30. The van der Waals surface area contributed by atoms with Crippen molar-refractivity contribution in [1.29, 1.82) is 0 Å². The quantitative estimate of drug-likeness (QED) is 0.734. The van der Waals surface area contributed by atoms with Gasteiger partial charge in [0, 0.05) is 43.5 Å². The van der Waals surface area contributed by atoms with E-state index in [-0.39, 0.29) is 5.92 Å². The topological polar surface area (TPSA) is 66.0 Å². The molecule has 0 radical (unpaired) electrons. The molecule has 9 heteroatoms. The Labute approximate surface area is 155 Å². The van der Waals surface area contributed by atoms with E-state index in [2.05, 4.69) is 20.4 Å². The van der Waals surface area contributed by atoms with Crippen LogP contribution >= 0.6 is 0 Å². The van der Waals surface area contributed by atoms with Crippen LogP contribution in [-0.2, 0) is 19.3 Å². The maximum absolute atomic E-state index is 13.4. The third-order valence-electron chi connectivity index (χ3n) is 4.73. The van der Waals surface area contributed by atoms with E-state index in [0.29, 0.717) is 24.3 Å². The minimum absolute atomic E-state index is 0.285. The summed E-state index contributed by atoms with van der Waals surface area (Å²) in [4.78, 5) is 14.3. The fraction of sp³-hybridized carbons (Fsp3) is 0.556. The van der Waals surface area contributed by atoms with Crippen LogP contribution in [0.4, 0.5) is 13.2 Å². The molecule has 148 valence electrons. The van der Waals surface area contributed by atoms with Crippen LogP contribution in [0.1, 0.15) is 24.0 Å². The van der Waals surface area contributed by atoms with Crippen LogP contribution in [0.15, 0.2) is 23.3 Å². The molecule has 2 N–H and O–H groups in total. The number of nitrogens with zero attached hydrogens (tertiary/aromatic N) is 3. The lowest BCUT2D eigenvalue weighted by Gasteiger charge is -2.17. The first-order valence-corrected chi connectivity index (χ1v) is 8.97. The monoisotopic (exact) mass is 383 g/mol. The molecule has 0 bridgehead atoms. The number of hydrogen-bond donors (Lipinski definition) is 2. The maximum atomic E-state index is 13.4. The standard InChI is InChI=1S/C18H24F3N5O/c1-22-5-6-25(2)10-14-8-23-24-16(14)13-7-15(18(19,20)21)17(27)26(11-13)9-12-3-4-12/h7-8,11-12,22H,3-6,9-10H2,1-2H3,(H,23,24). The highest BCUT2D eigenvalue weighted by Gasteiger charge is 2.36.